The Hall–Kier alpha value is -2.01. The van der Waals surface area contributed by atoms with Gasteiger partial charge in [0.1, 0.15) is 5.75 Å². The Labute approximate surface area is 113 Å². The summed E-state index contributed by atoms with van der Waals surface area (Å²) in [6.45, 7) is 3.78. The molecule has 0 fully saturated rings. The van der Waals surface area contributed by atoms with Gasteiger partial charge in [-0.2, -0.15) is 0 Å². The summed E-state index contributed by atoms with van der Waals surface area (Å²) in [5.41, 5.74) is 0.847. The molecule has 0 spiro atoms. The van der Waals surface area contributed by atoms with Crippen molar-refractivity contribution in [2.75, 3.05) is 27.3 Å². The second-order valence-corrected chi connectivity index (χ2v) is 4.06. The molecule has 2 N–H and O–H groups in total. The predicted molar refractivity (Wildman–Crippen MR) is 74.2 cm³/mol. The van der Waals surface area contributed by atoms with Crippen molar-refractivity contribution in [2.45, 2.75) is 6.04 Å². The van der Waals surface area contributed by atoms with Gasteiger partial charge in [-0.15, -0.1) is 6.58 Å². The number of carbonyl (C=O) groups is 1. The van der Waals surface area contributed by atoms with Crippen molar-refractivity contribution in [3.05, 3.63) is 42.5 Å². The third-order valence-corrected chi connectivity index (χ3v) is 2.86. The number of likely N-dealkylation sites (N-methyl/N-ethyl adjacent to an activating group) is 1. The lowest BCUT2D eigenvalue weighted by Crippen LogP contribution is -2.40. The van der Waals surface area contributed by atoms with E-state index in [0.29, 0.717) is 6.54 Å². The van der Waals surface area contributed by atoms with Crippen LogP contribution in [0.15, 0.2) is 36.9 Å². The van der Waals surface area contributed by atoms with Crippen LogP contribution in [0.25, 0.3) is 0 Å². The quantitative estimate of drug-likeness (QED) is 0.766. The van der Waals surface area contributed by atoms with Crippen LogP contribution in [0.5, 0.6) is 5.75 Å². The summed E-state index contributed by atoms with van der Waals surface area (Å²) in [6, 6.07) is 6.61. The van der Waals surface area contributed by atoms with Crippen molar-refractivity contribution in [3.8, 4) is 5.75 Å². The molecule has 0 bridgehead atoms. The van der Waals surface area contributed by atoms with E-state index < -0.39 is 6.04 Å². The van der Waals surface area contributed by atoms with Crippen molar-refractivity contribution < 1.29 is 14.6 Å². The Morgan fingerprint density at radius 2 is 2.16 bits per heavy atom. The van der Waals surface area contributed by atoms with Gasteiger partial charge in [0.05, 0.1) is 19.8 Å². The van der Waals surface area contributed by atoms with E-state index in [4.69, 9.17) is 4.74 Å². The number of carbonyl (C=O) groups excluding carboxylic acids is 1. The van der Waals surface area contributed by atoms with E-state index in [0.717, 1.165) is 11.3 Å². The number of urea groups is 1. The highest BCUT2D eigenvalue weighted by Gasteiger charge is 2.20. The largest absolute Gasteiger partial charge is 0.497 e. The summed E-state index contributed by atoms with van der Waals surface area (Å²) in [6.07, 6.45) is 1.60. The summed E-state index contributed by atoms with van der Waals surface area (Å²) in [5, 5.41) is 12.1. The molecule has 0 saturated carbocycles. The molecule has 5 nitrogen and oxygen atoms in total. The van der Waals surface area contributed by atoms with Crippen LogP contribution in [0.2, 0.25) is 0 Å². The fraction of sp³-hybridized carbons (Fsp3) is 0.357. The van der Waals surface area contributed by atoms with Gasteiger partial charge >= 0.3 is 6.03 Å². The van der Waals surface area contributed by atoms with Crippen LogP contribution >= 0.6 is 0 Å². The highest BCUT2D eigenvalue weighted by atomic mass is 16.5. The number of aliphatic hydroxyl groups is 1. The minimum atomic E-state index is -0.393. The van der Waals surface area contributed by atoms with E-state index in [2.05, 4.69) is 11.9 Å². The van der Waals surface area contributed by atoms with Crippen LogP contribution in [0.1, 0.15) is 11.6 Å². The molecule has 104 valence electrons. The number of amides is 2. The monoisotopic (exact) mass is 264 g/mol. The zero-order valence-corrected chi connectivity index (χ0v) is 11.3. The van der Waals surface area contributed by atoms with E-state index in [9.17, 15) is 9.90 Å². The van der Waals surface area contributed by atoms with Gasteiger partial charge in [-0.3, -0.25) is 0 Å². The van der Waals surface area contributed by atoms with E-state index in [1.807, 2.05) is 12.1 Å². The van der Waals surface area contributed by atoms with Crippen LogP contribution in [0.3, 0.4) is 0 Å². The third kappa shape index (κ3) is 3.99. The van der Waals surface area contributed by atoms with Crippen LogP contribution < -0.4 is 10.1 Å². The first-order valence-corrected chi connectivity index (χ1v) is 6.00. The van der Waals surface area contributed by atoms with E-state index in [1.54, 1.807) is 32.4 Å². The van der Waals surface area contributed by atoms with E-state index >= 15 is 0 Å². The van der Waals surface area contributed by atoms with Gasteiger partial charge in [0.2, 0.25) is 0 Å². The van der Waals surface area contributed by atoms with Crippen molar-refractivity contribution in [2.24, 2.45) is 0 Å². The number of hydrogen-bond acceptors (Lipinski definition) is 3. The van der Waals surface area contributed by atoms with Crippen LogP contribution in [0, 0.1) is 0 Å². The van der Waals surface area contributed by atoms with Gasteiger partial charge in [-0.05, 0) is 17.7 Å². The minimum Gasteiger partial charge on any atom is -0.497 e. The van der Waals surface area contributed by atoms with Gasteiger partial charge in [0.15, 0.2) is 0 Å². The Bertz CT molecular complexity index is 417. The molecule has 1 atom stereocenters. The lowest BCUT2D eigenvalue weighted by molar-refractivity contribution is 0.150. The second kappa shape index (κ2) is 7.43. The molecule has 1 aromatic carbocycles. The molecule has 1 aromatic rings. The van der Waals surface area contributed by atoms with Gasteiger partial charge in [-0.25, -0.2) is 4.79 Å². The Morgan fingerprint density at radius 3 is 2.63 bits per heavy atom. The predicted octanol–water partition coefficient (Wildman–Crippen LogP) is 1.56. The summed E-state index contributed by atoms with van der Waals surface area (Å²) in [7, 11) is 3.23. The average molecular weight is 264 g/mol. The van der Waals surface area contributed by atoms with Crippen molar-refractivity contribution in [3.63, 3.8) is 0 Å². The number of methoxy groups -OCH3 is 1. The third-order valence-electron chi connectivity index (χ3n) is 2.86. The van der Waals surface area contributed by atoms with Crippen molar-refractivity contribution >= 4 is 6.03 Å². The molecule has 0 aromatic heterocycles. The fourth-order valence-corrected chi connectivity index (χ4v) is 1.70. The first-order valence-electron chi connectivity index (χ1n) is 6.00. The molecule has 19 heavy (non-hydrogen) atoms. The molecule has 0 aliphatic rings. The number of nitrogens with zero attached hydrogens (tertiary/aromatic N) is 1. The number of aliphatic hydroxyl groups excluding tert-OH is 1. The highest BCUT2D eigenvalue weighted by Crippen LogP contribution is 2.21. The normalized spacial score (nSPS) is 11.5. The topological polar surface area (TPSA) is 61.8 Å². The number of benzene rings is 1. The Balaban J connectivity index is 2.80. The molecule has 0 saturated heterocycles. The Kier molecular flexibility index (Phi) is 5.89. The lowest BCUT2D eigenvalue weighted by Gasteiger charge is -2.27. The zero-order chi connectivity index (χ0) is 14.3. The molecule has 0 aliphatic carbocycles. The van der Waals surface area contributed by atoms with Gasteiger partial charge < -0.3 is 20.1 Å². The van der Waals surface area contributed by atoms with Crippen LogP contribution in [-0.4, -0.2) is 43.3 Å². The van der Waals surface area contributed by atoms with Gasteiger partial charge in [0.25, 0.3) is 0 Å². The molecule has 0 radical (unpaired) electrons. The maximum absolute atomic E-state index is 11.8. The molecule has 2 amide bonds. The van der Waals surface area contributed by atoms with Crippen molar-refractivity contribution in [1.29, 1.82) is 0 Å². The summed E-state index contributed by atoms with van der Waals surface area (Å²) in [5.74, 6) is 0.735. The molecule has 5 heteroatoms. The smallest absolute Gasteiger partial charge is 0.317 e. The number of nitrogens with one attached hydrogen (secondary N) is 1. The summed E-state index contributed by atoms with van der Waals surface area (Å²) >= 11 is 0. The first kappa shape index (κ1) is 15.0. The maximum atomic E-state index is 11.8. The van der Waals surface area contributed by atoms with E-state index in [1.165, 1.54) is 4.90 Å². The van der Waals surface area contributed by atoms with Crippen molar-refractivity contribution in [1.82, 2.24) is 10.2 Å². The maximum Gasteiger partial charge on any atom is 0.317 e. The number of hydrogen-bond donors (Lipinski definition) is 2. The van der Waals surface area contributed by atoms with E-state index in [-0.39, 0.29) is 12.6 Å². The fourth-order valence-electron chi connectivity index (χ4n) is 1.70. The molecular formula is C14H20N2O3. The molecular weight excluding hydrogens is 244 g/mol. The second-order valence-electron chi connectivity index (χ2n) is 4.06. The summed E-state index contributed by atoms with van der Waals surface area (Å²) < 4.78 is 5.08. The summed E-state index contributed by atoms with van der Waals surface area (Å²) in [4.78, 5) is 13.3. The molecule has 0 heterocycles. The number of ether oxygens (including phenoxy) is 1. The molecule has 1 rings (SSSR count). The van der Waals surface area contributed by atoms with Crippen LogP contribution in [0.4, 0.5) is 4.79 Å². The van der Waals surface area contributed by atoms with Gasteiger partial charge in [0, 0.05) is 13.6 Å². The highest BCUT2D eigenvalue weighted by molar-refractivity contribution is 5.74. The molecule has 0 aliphatic heterocycles. The standard InChI is InChI=1S/C14H20N2O3/c1-4-9-15-14(18)16(2)13(10-17)11-5-7-12(19-3)8-6-11/h4-8,13,17H,1,9-10H2,2-3H3,(H,15,18). The Morgan fingerprint density at radius 1 is 1.53 bits per heavy atom. The lowest BCUT2D eigenvalue weighted by atomic mass is 10.1. The SMILES string of the molecule is C=CCNC(=O)N(C)C(CO)c1ccc(OC)cc1. The average Bonchev–Trinajstić information content (AvgIpc) is 2.46. The van der Waals surface area contributed by atoms with Crippen LogP contribution in [-0.2, 0) is 0 Å². The van der Waals surface area contributed by atoms with Gasteiger partial charge in [-0.1, -0.05) is 18.2 Å². The number of rotatable bonds is 6. The molecule has 1 unspecified atom stereocenters. The zero-order valence-electron chi connectivity index (χ0n) is 11.3. The minimum absolute atomic E-state index is 0.148. The first-order chi connectivity index (χ1) is 9.13.